The van der Waals surface area contributed by atoms with E-state index in [1.165, 1.54) is 24.3 Å². The second-order valence-corrected chi connectivity index (χ2v) is 5.39. The molecule has 2 rings (SSSR count). The summed E-state index contributed by atoms with van der Waals surface area (Å²) in [6.07, 6.45) is 0. The van der Waals surface area contributed by atoms with Gasteiger partial charge in [0.1, 0.15) is 5.82 Å². The molecule has 3 nitrogen and oxygen atoms in total. The van der Waals surface area contributed by atoms with Gasteiger partial charge in [-0.05, 0) is 36.8 Å². The van der Waals surface area contributed by atoms with Crippen molar-refractivity contribution in [2.24, 2.45) is 0 Å². The van der Waals surface area contributed by atoms with Crippen LogP contribution in [0.4, 0.5) is 10.1 Å². The highest BCUT2D eigenvalue weighted by Gasteiger charge is 2.14. The predicted octanol–water partition coefficient (Wildman–Crippen LogP) is 4.21. The Bertz CT molecular complexity index is 651. The Morgan fingerprint density at radius 1 is 1.24 bits per heavy atom. The lowest BCUT2D eigenvalue weighted by Gasteiger charge is -2.15. The molecule has 0 aliphatic heterocycles. The molecule has 0 aliphatic carbocycles. The molecule has 0 fully saturated rings. The van der Waals surface area contributed by atoms with Crippen molar-refractivity contribution in [3.8, 4) is 0 Å². The summed E-state index contributed by atoms with van der Waals surface area (Å²) in [5, 5.41) is 3.23. The lowest BCUT2D eigenvalue weighted by molar-refractivity contribution is 0.0940. The van der Waals surface area contributed by atoms with Crippen molar-refractivity contribution in [1.82, 2.24) is 5.32 Å². The normalized spacial score (nSPS) is 12.0. The Morgan fingerprint density at radius 3 is 2.43 bits per heavy atom. The van der Waals surface area contributed by atoms with Gasteiger partial charge >= 0.3 is 0 Å². The highest BCUT2D eigenvalue weighted by molar-refractivity contribution is 6.43. The van der Waals surface area contributed by atoms with Crippen molar-refractivity contribution in [3.05, 3.63) is 63.4 Å². The zero-order valence-electron chi connectivity index (χ0n) is 11.2. The Balaban J connectivity index is 2.16. The van der Waals surface area contributed by atoms with Gasteiger partial charge in [0.2, 0.25) is 0 Å². The summed E-state index contributed by atoms with van der Waals surface area (Å²) in [7, 11) is 0. The van der Waals surface area contributed by atoms with Gasteiger partial charge in [0.05, 0.1) is 21.8 Å². The number of nitrogens with one attached hydrogen (secondary N) is 1. The zero-order valence-corrected chi connectivity index (χ0v) is 12.7. The minimum Gasteiger partial charge on any atom is -0.397 e. The molecule has 6 heteroatoms. The van der Waals surface area contributed by atoms with E-state index in [9.17, 15) is 9.18 Å². The van der Waals surface area contributed by atoms with E-state index in [1.54, 1.807) is 19.1 Å². The molecule has 1 atom stereocenters. The van der Waals surface area contributed by atoms with Crippen molar-refractivity contribution in [2.75, 3.05) is 5.73 Å². The third-order valence-corrected chi connectivity index (χ3v) is 3.85. The SMILES string of the molecule is CC(NC(=O)c1cc(N)c(Cl)c(Cl)c1)c1ccc(F)cc1. The van der Waals surface area contributed by atoms with Crippen LogP contribution in [0.2, 0.25) is 10.0 Å². The van der Waals surface area contributed by atoms with Crippen LogP contribution in [0.3, 0.4) is 0 Å². The molecule has 0 bridgehead atoms. The highest BCUT2D eigenvalue weighted by Crippen LogP contribution is 2.29. The number of hydrogen-bond donors (Lipinski definition) is 2. The van der Waals surface area contributed by atoms with Crippen molar-refractivity contribution in [1.29, 1.82) is 0 Å². The maximum atomic E-state index is 12.9. The second-order valence-electron chi connectivity index (χ2n) is 4.61. The monoisotopic (exact) mass is 326 g/mol. The van der Waals surface area contributed by atoms with Crippen LogP contribution < -0.4 is 11.1 Å². The average Bonchev–Trinajstić information content (AvgIpc) is 2.44. The first kappa shape index (κ1) is 15.6. The number of nitrogens with two attached hydrogens (primary N) is 1. The van der Waals surface area contributed by atoms with Crippen LogP contribution in [-0.2, 0) is 0 Å². The van der Waals surface area contributed by atoms with Crippen LogP contribution in [-0.4, -0.2) is 5.91 Å². The molecular formula is C15H13Cl2FN2O. The third-order valence-electron chi connectivity index (χ3n) is 3.04. The summed E-state index contributed by atoms with van der Waals surface area (Å²) in [5.41, 5.74) is 7.02. The Kier molecular flexibility index (Phi) is 4.70. The lowest BCUT2D eigenvalue weighted by Crippen LogP contribution is -2.26. The maximum Gasteiger partial charge on any atom is 0.251 e. The van der Waals surface area contributed by atoms with E-state index in [0.29, 0.717) is 5.56 Å². The molecule has 3 N–H and O–H groups in total. The predicted molar refractivity (Wildman–Crippen MR) is 83.2 cm³/mol. The largest absolute Gasteiger partial charge is 0.397 e. The van der Waals surface area contributed by atoms with Crippen LogP contribution in [0.25, 0.3) is 0 Å². The summed E-state index contributed by atoms with van der Waals surface area (Å²) in [4.78, 5) is 12.2. The zero-order chi connectivity index (χ0) is 15.6. The fourth-order valence-electron chi connectivity index (χ4n) is 1.86. The highest BCUT2D eigenvalue weighted by atomic mass is 35.5. The number of benzene rings is 2. The third kappa shape index (κ3) is 3.65. The first-order valence-corrected chi connectivity index (χ1v) is 6.95. The fourth-order valence-corrected chi connectivity index (χ4v) is 2.19. The first-order valence-electron chi connectivity index (χ1n) is 6.19. The van der Waals surface area contributed by atoms with E-state index >= 15 is 0 Å². The van der Waals surface area contributed by atoms with Crippen molar-refractivity contribution >= 4 is 34.8 Å². The van der Waals surface area contributed by atoms with Gasteiger partial charge in [0.25, 0.3) is 5.91 Å². The van der Waals surface area contributed by atoms with Crippen molar-refractivity contribution < 1.29 is 9.18 Å². The molecule has 21 heavy (non-hydrogen) atoms. The van der Waals surface area contributed by atoms with E-state index in [-0.39, 0.29) is 33.5 Å². The summed E-state index contributed by atoms with van der Waals surface area (Å²) in [6, 6.07) is 8.54. The average molecular weight is 327 g/mol. The summed E-state index contributed by atoms with van der Waals surface area (Å²) < 4.78 is 12.9. The Labute approximate surface area is 131 Å². The van der Waals surface area contributed by atoms with E-state index in [1.807, 2.05) is 0 Å². The van der Waals surface area contributed by atoms with E-state index in [2.05, 4.69) is 5.32 Å². The minimum absolute atomic E-state index is 0.219. The Hall–Kier alpha value is -1.78. The van der Waals surface area contributed by atoms with Gasteiger partial charge in [-0.15, -0.1) is 0 Å². The molecule has 2 aromatic rings. The summed E-state index contributed by atoms with van der Waals surface area (Å²) >= 11 is 11.7. The molecule has 1 unspecified atom stereocenters. The summed E-state index contributed by atoms with van der Waals surface area (Å²) in [5.74, 6) is -0.661. The van der Waals surface area contributed by atoms with Gasteiger partial charge in [-0.1, -0.05) is 35.3 Å². The lowest BCUT2D eigenvalue weighted by atomic mass is 10.1. The molecule has 0 spiro atoms. The van der Waals surface area contributed by atoms with Crippen LogP contribution >= 0.6 is 23.2 Å². The van der Waals surface area contributed by atoms with Gasteiger partial charge in [0, 0.05) is 5.56 Å². The maximum absolute atomic E-state index is 12.9. The van der Waals surface area contributed by atoms with E-state index < -0.39 is 0 Å². The number of carbonyl (C=O) groups is 1. The first-order chi connectivity index (χ1) is 9.88. The molecule has 0 heterocycles. The molecule has 0 saturated heterocycles. The van der Waals surface area contributed by atoms with Crippen LogP contribution in [0.15, 0.2) is 36.4 Å². The molecule has 0 saturated carbocycles. The molecule has 0 aliphatic rings. The Morgan fingerprint density at radius 2 is 1.86 bits per heavy atom. The number of halogens is 3. The topological polar surface area (TPSA) is 55.1 Å². The number of hydrogen-bond acceptors (Lipinski definition) is 2. The van der Waals surface area contributed by atoms with Crippen LogP contribution in [0, 0.1) is 5.82 Å². The van der Waals surface area contributed by atoms with Gasteiger partial charge in [-0.3, -0.25) is 4.79 Å². The molecule has 0 radical (unpaired) electrons. The van der Waals surface area contributed by atoms with E-state index in [4.69, 9.17) is 28.9 Å². The number of carbonyl (C=O) groups excluding carboxylic acids is 1. The molecule has 110 valence electrons. The molecule has 1 amide bonds. The summed E-state index contributed by atoms with van der Waals surface area (Å²) in [6.45, 7) is 1.80. The van der Waals surface area contributed by atoms with E-state index in [0.717, 1.165) is 5.56 Å². The number of anilines is 1. The molecule has 0 aromatic heterocycles. The number of rotatable bonds is 3. The van der Waals surface area contributed by atoms with Crippen LogP contribution in [0.1, 0.15) is 28.9 Å². The van der Waals surface area contributed by atoms with Gasteiger partial charge < -0.3 is 11.1 Å². The second kappa shape index (κ2) is 6.33. The smallest absolute Gasteiger partial charge is 0.251 e. The van der Waals surface area contributed by atoms with Crippen molar-refractivity contribution in [2.45, 2.75) is 13.0 Å². The van der Waals surface area contributed by atoms with Crippen LogP contribution in [0.5, 0.6) is 0 Å². The molecule has 2 aromatic carbocycles. The number of amides is 1. The quantitative estimate of drug-likeness (QED) is 0.830. The number of nitrogen functional groups attached to an aromatic ring is 1. The molecular weight excluding hydrogens is 314 g/mol. The van der Waals surface area contributed by atoms with Gasteiger partial charge in [0.15, 0.2) is 0 Å². The fraction of sp³-hybridized carbons (Fsp3) is 0.133. The minimum atomic E-state index is -0.336. The van der Waals surface area contributed by atoms with Gasteiger partial charge in [-0.2, -0.15) is 0 Å². The van der Waals surface area contributed by atoms with Gasteiger partial charge in [-0.25, -0.2) is 4.39 Å². The standard InChI is InChI=1S/C15H13Cl2FN2O/c1-8(9-2-4-11(18)5-3-9)20-15(21)10-6-12(16)14(17)13(19)7-10/h2-8H,19H2,1H3,(H,20,21). The van der Waals surface area contributed by atoms with Crippen molar-refractivity contribution in [3.63, 3.8) is 0 Å².